The third-order valence-electron chi connectivity index (χ3n) is 5.13. The largest absolute Gasteiger partial charge is 0.301 e. The molecule has 3 aromatic rings. The maximum Gasteiger partial charge on any atom is 0.266 e. The fourth-order valence-corrected chi connectivity index (χ4v) is 6.37. The number of aryl methyl sites for hydroxylation is 2. The summed E-state index contributed by atoms with van der Waals surface area (Å²) >= 11 is 9.64. The lowest BCUT2D eigenvalue weighted by molar-refractivity contribution is -0.122. The number of thioether (sulfide) groups is 2. The Morgan fingerprint density at radius 2 is 1.94 bits per heavy atom. The molecule has 1 saturated heterocycles. The summed E-state index contributed by atoms with van der Waals surface area (Å²) in [5.41, 5.74) is 4.57. The van der Waals surface area contributed by atoms with Crippen LogP contribution in [0.3, 0.4) is 0 Å². The highest BCUT2D eigenvalue weighted by Gasteiger charge is 2.31. The highest BCUT2D eigenvalue weighted by Crippen LogP contribution is 2.33. The summed E-state index contributed by atoms with van der Waals surface area (Å²) in [6.45, 7) is 4.49. The van der Waals surface area contributed by atoms with E-state index >= 15 is 0 Å². The molecule has 2 aromatic carbocycles. The molecule has 1 aromatic heterocycles. The van der Waals surface area contributed by atoms with E-state index in [4.69, 9.17) is 12.2 Å². The van der Waals surface area contributed by atoms with E-state index in [1.165, 1.54) is 39.8 Å². The molecule has 0 unspecified atom stereocenters. The molecule has 1 aliphatic heterocycles. The number of nitrogens with zero attached hydrogens (tertiary/aromatic N) is 3. The quantitative estimate of drug-likeness (QED) is 0.153. The van der Waals surface area contributed by atoms with Crippen molar-refractivity contribution in [1.29, 1.82) is 0 Å². The minimum Gasteiger partial charge on any atom is -0.301 e. The average Bonchev–Trinajstić information content (AvgIpc) is 3.38. The van der Waals surface area contributed by atoms with Crippen LogP contribution in [0.1, 0.15) is 35.1 Å². The number of rotatable bonds is 9. The van der Waals surface area contributed by atoms with Gasteiger partial charge in [0.25, 0.3) is 5.91 Å². The Morgan fingerprint density at radius 1 is 1.14 bits per heavy atom. The van der Waals surface area contributed by atoms with Crippen LogP contribution in [0, 0.1) is 13.8 Å². The van der Waals surface area contributed by atoms with Gasteiger partial charge in [-0.2, -0.15) is 0 Å². The Balaban J connectivity index is 1.22. The summed E-state index contributed by atoms with van der Waals surface area (Å²) in [4.78, 5) is 27.3. The van der Waals surface area contributed by atoms with Crippen LogP contribution in [0.15, 0.2) is 57.8 Å². The minimum atomic E-state index is -0.156. The van der Waals surface area contributed by atoms with Gasteiger partial charge < -0.3 is 5.32 Å². The average molecular weight is 541 g/mol. The molecule has 180 valence electrons. The number of carbonyl (C=O) groups excluding carboxylic acids is 2. The van der Waals surface area contributed by atoms with Crippen molar-refractivity contribution in [2.75, 3.05) is 11.9 Å². The lowest BCUT2D eigenvalue weighted by Crippen LogP contribution is -2.29. The molecule has 10 heteroatoms. The number of amides is 2. The number of carbonyl (C=O) groups is 2. The number of nitrogens with one attached hydrogen (secondary N) is 1. The fraction of sp³-hybridized carbons (Fsp3) is 0.240. The molecule has 1 N–H and O–H groups in total. The highest BCUT2D eigenvalue weighted by molar-refractivity contribution is 8.26. The number of anilines is 1. The lowest BCUT2D eigenvalue weighted by atomic mass is 10.1. The first-order chi connectivity index (χ1) is 16.9. The van der Waals surface area contributed by atoms with Gasteiger partial charge in [-0.15, -0.1) is 10.2 Å². The van der Waals surface area contributed by atoms with Gasteiger partial charge >= 0.3 is 0 Å². The van der Waals surface area contributed by atoms with E-state index in [0.717, 1.165) is 15.7 Å². The van der Waals surface area contributed by atoms with Gasteiger partial charge in [0, 0.05) is 18.7 Å². The zero-order chi connectivity index (χ0) is 24.8. The van der Waals surface area contributed by atoms with E-state index < -0.39 is 0 Å². The van der Waals surface area contributed by atoms with Crippen LogP contribution in [0.4, 0.5) is 5.13 Å². The summed E-state index contributed by atoms with van der Waals surface area (Å²) in [5, 5.41) is 11.5. The van der Waals surface area contributed by atoms with Gasteiger partial charge in [-0.25, -0.2) is 0 Å². The number of thiocarbonyl (C=S) groups is 1. The summed E-state index contributed by atoms with van der Waals surface area (Å²) < 4.78 is 1.33. The van der Waals surface area contributed by atoms with E-state index in [2.05, 4.69) is 40.6 Å². The molecule has 0 spiro atoms. The fourth-order valence-electron chi connectivity index (χ4n) is 3.35. The first-order valence-corrected chi connectivity index (χ1v) is 14.0. The van der Waals surface area contributed by atoms with Crippen LogP contribution < -0.4 is 5.32 Å². The second kappa shape index (κ2) is 11.9. The Kier molecular flexibility index (Phi) is 8.72. The topological polar surface area (TPSA) is 75.2 Å². The van der Waals surface area contributed by atoms with Crippen LogP contribution in [-0.2, 0) is 15.3 Å². The van der Waals surface area contributed by atoms with E-state index in [9.17, 15) is 9.59 Å². The zero-order valence-corrected chi connectivity index (χ0v) is 22.6. The SMILES string of the molecule is Cc1ccc(/C=C2\SC(=S)N(CCCC(=O)Nc3nnc(SCc4cccc(C)c4)s3)C2=O)cc1. The van der Waals surface area contributed by atoms with Crippen molar-refractivity contribution < 1.29 is 9.59 Å². The summed E-state index contributed by atoms with van der Waals surface area (Å²) in [6.07, 6.45) is 2.62. The zero-order valence-electron chi connectivity index (χ0n) is 19.3. The Hall–Kier alpha value is -2.53. The maximum atomic E-state index is 12.8. The predicted octanol–water partition coefficient (Wildman–Crippen LogP) is 6.07. The van der Waals surface area contributed by atoms with E-state index in [1.54, 1.807) is 16.7 Å². The van der Waals surface area contributed by atoms with Crippen molar-refractivity contribution >= 4 is 74.4 Å². The van der Waals surface area contributed by atoms with Crippen LogP contribution in [-0.4, -0.2) is 37.8 Å². The van der Waals surface area contributed by atoms with E-state index in [-0.39, 0.29) is 18.2 Å². The molecule has 2 heterocycles. The van der Waals surface area contributed by atoms with E-state index in [0.29, 0.717) is 27.3 Å². The summed E-state index contributed by atoms with van der Waals surface area (Å²) in [6, 6.07) is 16.3. The summed E-state index contributed by atoms with van der Waals surface area (Å²) in [7, 11) is 0. The van der Waals surface area contributed by atoms with Crippen LogP contribution in [0.25, 0.3) is 6.08 Å². The van der Waals surface area contributed by atoms with Gasteiger partial charge in [0.05, 0.1) is 4.91 Å². The van der Waals surface area contributed by atoms with Crippen molar-refractivity contribution in [2.24, 2.45) is 0 Å². The Morgan fingerprint density at radius 3 is 2.71 bits per heavy atom. The van der Waals surface area contributed by atoms with Crippen molar-refractivity contribution in [3.8, 4) is 0 Å². The molecule has 35 heavy (non-hydrogen) atoms. The number of hydrogen-bond donors (Lipinski definition) is 1. The number of aromatic nitrogens is 2. The van der Waals surface area contributed by atoms with Gasteiger partial charge in [0.2, 0.25) is 11.0 Å². The molecule has 0 saturated carbocycles. The smallest absolute Gasteiger partial charge is 0.266 e. The molecule has 0 radical (unpaired) electrons. The molecule has 6 nitrogen and oxygen atoms in total. The molecular formula is C25H24N4O2S4. The van der Waals surface area contributed by atoms with Gasteiger partial charge in [-0.1, -0.05) is 107 Å². The predicted molar refractivity (Wildman–Crippen MR) is 150 cm³/mol. The molecule has 0 bridgehead atoms. The van der Waals surface area contributed by atoms with Gasteiger partial charge in [0.15, 0.2) is 4.34 Å². The Labute approximate surface area is 222 Å². The minimum absolute atomic E-state index is 0.111. The standard InChI is InChI=1S/C25H24N4O2S4/c1-16-8-10-18(11-9-16)14-20-22(31)29(25(32)34-20)12-4-7-21(30)26-23-27-28-24(35-23)33-15-19-6-3-5-17(2)13-19/h3,5-6,8-11,13-14H,4,7,12,15H2,1-2H3,(H,26,27,30)/b20-14-. The van der Waals surface area contributed by atoms with Crippen molar-refractivity contribution in [3.63, 3.8) is 0 Å². The van der Waals surface area contributed by atoms with Gasteiger partial charge in [-0.05, 0) is 37.5 Å². The van der Waals surface area contributed by atoms with Crippen LogP contribution >= 0.6 is 47.1 Å². The van der Waals surface area contributed by atoms with Crippen LogP contribution in [0.2, 0.25) is 0 Å². The van der Waals surface area contributed by atoms with Crippen molar-refractivity contribution in [1.82, 2.24) is 15.1 Å². The van der Waals surface area contributed by atoms with Crippen molar-refractivity contribution in [2.45, 2.75) is 36.8 Å². The second-order valence-corrected chi connectivity index (χ2v) is 11.9. The Bertz CT molecular complexity index is 1270. The summed E-state index contributed by atoms with van der Waals surface area (Å²) in [5.74, 6) is 0.532. The van der Waals surface area contributed by atoms with E-state index in [1.807, 2.05) is 43.3 Å². The number of hydrogen-bond acceptors (Lipinski definition) is 8. The second-order valence-electron chi connectivity index (χ2n) is 8.05. The van der Waals surface area contributed by atoms with Gasteiger partial charge in [0.1, 0.15) is 4.32 Å². The monoisotopic (exact) mass is 540 g/mol. The molecule has 0 atom stereocenters. The van der Waals surface area contributed by atoms with Crippen LogP contribution in [0.5, 0.6) is 0 Å². The highest BCUT2D eigenvalue weighted by atomic mass is 32.2. The number of benzene rings is 2. The molecule has 1 fully saturated rings. The first-order valence-electron chi connectivity index (χ1n) is 11.0. The maximum absolute atomic E-state index is 12.8. The lowest BCUT2D eigenvalue weighted by Gasteiger charge is -2.13. The molecule has 4 rings (SSSR count). The molecule has 1 aliphatic rings. The van der Waals surface area contributed by atoms with Gasteiger partial charge in [-0.3, -0.25) is 14.5 Å². The third kappa shape index (κ3) is 7.23. The molecular weight excluding hydrogens is 517 g/mol. The van der Waals surface area contributed by atoms with Crippen molar-refractivity contribution in [3.05, 3.63) is 75.7 Å². The third-order valence-corrected chi connectivity index (χ3v) is 8.55. The molecule has 0 aliphatic carbocycles. The normalized spacial score (nSPS) is 14.7. The first kappa shape index (κ1) is 25.6. The molecule has 2 amide bonds.